The maximum Gasteiger partial charge on any atom is 0.128 e. The molecule has 1 fully saturated rings. The van der Waals surface area contributed by atoms with Gasteiger partial charge in [0.05, 0.1) is 12.1 Å². The fourth-order valence-corrected chi connectivity index (χ4v) is 4.33. The number of phenols is 2. The third-order valence-electron chi connectivity index (χ3n) is 6.25. The van der Waals surface area contributed by atoms with Gasteiger partial charge in [-0.3, -0.25) is 9.98 Å². The normalized spacial score (nSPS) is 18.2. The van der Waals surface area contributed by atoms with Gasteiger partial charge in [-0.2, -0.15) is 0 Å². The summed E-state index contributed by atoms with van der Waals surface area (Å²) in [6, 6.07) is 11.9. The number of carboxylic acid groups (broad SMARTS) is 1. The van der Waals surface area contributed by atoms with Gasteiger partial charge in [0, 0.05) is 46.6 Å². The summed E-state index contributed by atoms with van der Waals surface area (Å²) in [5, 5.41) is 30.4. The SMILES string of the molecule is CC(=O)[O-].CC(C)(C)c1cccc(C=N[C@@H]2CCCC[C@H]2N=Cc2cccc(C(C)(C)C)c2O)c1O.[Mn]. The van der Waals surface area contributed by atoms with Crippen LogP contribution < -0.4 is 5.11 Å². The van der Waals surface area contributed by atoms with Crippen molar-refractivity contribution in [1.29, 1.82) is 0 Å². The summed E-state index contributed by atoms with van der Waals surface area (Å²) >= 11 is 0. The van der Waals surface area contributed by atoms with E-state index < -0.39 is 5.97 Å². The van der Waals surface area contributed by atoms with E-state index in [1.807, 2.05) is 36.4 Å². The number of benzene rings is 2. The van der Waals surface area contributed by atoms with Crippen LogP contribution in [-0.2, 0) is 32.7 Å². The molecule has 0 saturated heterocycles. The Bertz CT molecular complexity index is 1010. The number of aromatic hydroxyl groups is 2. The number of nitrogens with zero attached hydrogens (tertiary/aromatic N) is 2. The maximum absolute atomic E-state index is 10.7. The summed E-state index contributed by atoms with van der Waals surface area (Å²) in [4.78, 5) is 18.6. The van der Waals surface area contributed by atoms with Crippen molar-refractivity contribution < 1.29 is 37.2 Å². The van der Waals surface area contributed by atoms with Crippen molar-refractivity contribution in [3.8, 4) is 11.5 Å². The molecule has 1 aliphatic rings. The third-order valence-corrected chi connectivity index (χ3v) is 6.25. The van der Waals surface area contributed by atoms with Gasteiger partial charge in [0.2, 0.25) is 0 Å². The van der Waals surface area contributed by atoms with E-state index in [4.69, 9.17) is 19.9 Å². The quantitative estimate of drug-likeness (QED) is 0.400. The second-order valence-electron chi connectivity index (χ2n) is 11.5. The van der Waals surface area contributed by atoms with E-state index in [0.717, 1.165) is 54.9 Å². The number of para-hydroxylation sites is 2. The minimum Gasteiger partial charge on any atom is -0.550 e. The molecule has 0 bridgehead atoms. The van der Waals surface area contributed by atoms with Crippen LogP contribution in [0.4, 0.5) is 0 Å². The van der Waals surface area contributed by atoms with Gasteiger partial charge in [-0.1, -0.05) is 78.6 Å². The molecule has 37 heavy (non-hydrogen) atoms. The molecule has 0 spiro atoms. The Hall–Kier alpha value is -2.63. The van der Waals surface area contributed by atoms with Gasteiger partial charge >= 0.3 is 0 Å². The summed E-state index contributed by atoms with van der Waals surface area (Å²) in [5.41, 5.74) is 3.09. The molecule has 0 heterocycles. The van der Waals surface area contributed by atoms with E-state index in [1.54, 1.807) is 12.4 Å². The Morgan fingerprint density at radius 2 is 1.14 bits per heavy atom. The summed E-state index contributed by atoms with van der Waals surface area (Å²) in [5.74, 6) is -0.466. The van der Waals surface area contributed by atoms with Gasteiger partial charge < -0.3 is 20.1 Å². The number of aliphatic imine (C=N–C) groups is 2. The summed E-state index contributed by atoms with van der Waals surface area (Å²) < 4.78 is 0. The van der Waals surface area contributed by atoms with E-state index in [0.29, 0.717) is 11.5 Å². The zero-order valence-electron chi connectivity index (χ0n) is 23.1. The number of aliphatic carboxylic acids is 1. The number of rotatable bonds is 4. The standard InChI is InChI=1S/C28H38N2O2.C2H4O2.Mn/c1-27(2,3)21-13-9-11-19(25(21)31)17-29-23-15-7-8-16-24(23)30-18-20-12-10-14-22(26(20)32)28(4,5)6;1-2(3)4;/h9-14,17-18,23-24,31-32H,7-8,15-16H2,1-6H3;1H3,(H,3,4);/p-1/t23-,24-;;/m1../s1. The number of carboxylic acids is 1. The molecule has 1 saturated carbocycles. The number of carbonyl (C=O) groups excluding carboxylic acids is 1. The predicted octanol–water partition coefficient (Wildman–Crippen LogP) is 5.30. The van der Waals surface area contributed by atoms with Crippen LogP contribution in [0.3, 0.4) is 0 Å². The van der Waals surface area contributed by atoms with Crippen LogP contribution in [0, 0.1) is 0 Å². The van der Waals surface area contributed by atoms with E-state index in [9.17, 15) is 10.2 Å². The first-order chi connectivity index (χ1) is 16.7. The third kappa shape index (κ3) is 9.64. The molecule has 2 atom stereocenters. The van der Waals surface area contributed by atoms with Crippen molar-refractivity contribution in [2.24, 2.45) is 9.98 Å². The molecule has 7 heteroatoms. The second-order valence-corrected chi connectivity index (χ2v) is 11.5. The first-order valence-corrected chi connectivity index (χ1v) is 12.6. The van der Waals surface area contributed by atoms with E-state index in [1.165, 1.54) is 0 Å². The van der Waals surface area contributed by atoms with E-state index in [2.05, 4.69) is 41.5 Å². The Morgan fingerprint density at radius 1 is 0.811 bits per heavy atom. The molecule has 203 valence electrons. The smallest absolute Gasteiger partial charge is 0.128 e. The monoisotopic (exact) mass is 548 g/mol. The first-order valence-electron chi connectivity index (χ1n) is 12.6. The fourth-order valence-electron chi connectivity index (χ4n) is 4.33. The number of phenolic OH excluding ortho intramolecular Hbond substituents is 2. The molecule has 2 aromatic rings. The maximum atomic E-state index is 10.7. The number of hydrogen-bond donors (Lipinski definition) is 2. The van der Waals surface area contributed by atoms with Crippen LogP contribution in [0.5, 0.6) is 11.5 Å². The van der Waals surface area contributed by atoms with Crippen molar-refractivity contribution in [3.63, 3.8) is 0 Å². The second kappa shape index (κ2) is 13.8. The van der Waals surface area contributed by atoms with E-state index in [-0.39, 0.29) is 40.0 Å². The van der Waals surface area contributed by atoms with Crippen molar-refractivity contribution >= 4 is 18.4 Å². The Labute approximate surface area is 232 Å². The van der Waals surface area contributed by atoms with Crippen LogP contribution in [0.15, 0.2) is 46.4 Å². The zero-order chi connectivity index (χ0) is 27.1. The minimum atomic E-state index is -1.08. The molecule has 0 aliphatic heterocycles. The molecular weight excluding hydrogens is 507 g/mol. The van der Waals surface area contributed by atoms with Crippen LogP contribution in [0.1, 0.15) is 96.4 Å². The summed E-state index contributed by atoms with van der Waals surface area (Å²) in [6.07, 6.45) is 7.83. The molecule has 1 radical (unpaired) electrons. The molecule has 0 unspecified atom stereocenters. The predicted molar refractivity (Wildman–Crippen MR) is 146 cm³/mol. The Balaban J connectivity index is 0.00000127. The average molecular weight is 549 g/mol. The van der Waals surface area contributed by atoms with Crippen LogP contribution in [0.2, 0.25) is 0 Å². The topological polar surface area (TPSA) is 105 Å². The zero-order valence-corrected chi connectivity index (χ0v) is 24.3. The van der Waals surface area contributed by atoms with Crippen molar-refractivity contribution in [3.05, 3.63) is 58.7 Å². The van der Waals surface area contributed by atoms with Gasteiger partial charge in [0.15, 0.2) is 0 Å². The number of hydrogen-bond acceptors (Lipinski definition) is 6. The fraction of sp³-hybridized carbons (Fsp3) is 0.500. The van der Waals surface area contributed by atoms with Crippen molar-refractivity contribution in [1.82, 2.24) is 0 Å². The Morgan fingerprint density at radius 3 is 1.43 bits per heavy atom. The van der Waals surface area contributed by atoms with Gasteiger partial charge in [-0.25, -0.2) is 0 Å². The van der Waals surface area contributed by atoms with E-state index >= 15 is 0 Å². The van der Waals surface area contributed by atoms with Crippen LogP contribution >= 0.6 is 0 Å². The molecular formula is C30H41MnN2O4-. The summed E-state index contributed by atoms with van der Waals surface area (Å²) in [7, 11) is 0. The van der Waals surface area contributed by atoms with Crippen LogP contribution in [0.25, 0.3) is 0 Å². The number of carbonyl (C=O) groups is 1. The van der Waals surface area contributed by atoms with Crippen LogP contribution in [-0.4, -0.2) is 40.7 Å². The largest absolute Gasteiger partial charge is 0.550 e. The molecule has 3 rings (SSSR count). The Kier molecular flexibility index (Phi) is 12.1. The molecule has 1 aliphatic carbocycles. The molecule has 0 amide bonds. The molecule has 2 N–H and O–H groups in total. The van der Waals surface area contributed by atoms with Gasteiger partial charge in [-0.05, 0) is 53.9 Å². The molecule has 6 nitrogen and oxygen atoms in total. The summed E-state index contributed by atoms with van der Waals surface area (Å²) in [6.45, 7) is 13.5. The first kappa shape index (κ1) is 32.4. The molecule has 0 aromatic heterocycles. The van der Waals surface area contributed by atoms with Crippen molar-refractivity contribution in [2.75, 3.05) is 0 Å². The van der Waals surface area contributed by atoms with Gasteiger partial charge in [-0.15, -0.1) is 0 Å². The minimum absolute atomic E-state index is 0. The average Bonchev–Trinajstić information content (AvgIpc) is 2.76. The van der Waals surface area contributed by atoms with Gasteiger partial charge in [0.25, 0.3) is 0 Å². The molecule has 2 aromatic carbocycles. The van der Waals surface area contributed by atoms with Crippen molar-refractivity contribution in [2.45, 2.75) is 97.1 Å². The van der Waals surface area contributed by atoms with Gasteiger partial charge in [0.1, 0.15) is 11.5 Å².